The molecule has 1 aliphatic heterocycles. The third-order valence-corrected chi connectivity index (χ3v) is 1.24. The highest BCUT2D eigenvalue weighted by Crippen LogP contribution is 2.07. The fourth-order valence-corrected chi connectivity index (χ4v) is 0.890. The Hall–Kier alpha value is -0.430. The predicted molar refractivity (Wildman–Crippen MR) is 35.5 cm³/mol. The minimum Gasteiger partial charge on any atom is -0.288 e. The zero-order valence-corrected chi connectivity index (χ0v) is 5.52. The molecule has 0 bridgehead atoms. The molecule has 0 saturated carbocycles. The second kappa shape index (κ2) is 2.23. The molecule has 0 aliphatic carbocycles. The summed E-state index contributed by atoms with van der Waals surface area (Å²) in [4.78, 5) is 0. The Kier molecular flexibility index (Phi) is 1.59. The summed E-state index contributed by atoms with van der Waals surface area (Å²) in [5, 5.41) is 0. The zero-order valence-electron chi connectivity index (χ0n) is 4.76. The van der Waals surface area contributed by atoms with Gasteiger partial charge in [0.1, 0.15) is 0 Å². The number of allylic oxidation sites excluding steroid dienone is 2. The van der Waals surface area contributed by atoms with Gasteiger partial charge in [0, 0.05) is 18.0 Å². The quantitative estimate of drug-likeness (QED) is 0.452. The molecule has 1 nitrogen and oxygen atoms in total. The van der Waals surface area contributed by atoms with Crippen molar-refractivity contribution in [3.63, 3.8) is 0 Å². The van der Waals surface area contributed by atoms with E-state index in [0.29, 0.717) is 0 Å². The van der Waals surface area contributed by atoms with Crippen LogP contribution in [-0.2, 0) is 0 Å². The summed E-state index contributed by atoms with van der Waals surface area (Å²) in [7, 11) is 0. The first-order chi connectivity index (χ1) is 3.79. The normalized spacial score (nSPS) is 18.8. The Labute approximate surface area is 54.4 Å². The molecule has 1 rings (SSSR count). The molecule has 44 valence electrons. The molecule has 0 amide bonds. The molecule has 0 atom stereocenters. The first kappa shape index (κ1) is 5.70. The average molecular weight is 130 g/mol. The summed E-state index contributed by atoms with van der Waals surface area (Å²) in [6, 6.07) is 0. The van der Waals surface area contributed by atoms with Crippen molar-refractivity contribution < 1.29 is 0 Å². The molecule has 0 saturated heterocycles. The maximum Gasteiger partial charge on any atom is 0.0526 e. The summed E-state index contributed by atoms with van der Waals surface area (Å²) in [6.07, 6.45) is 5.99. The smallest absolute Gasteiger partial charge is 0.0526 e. The second-order valence-electron chi connectivity index (χ2n) is 1.86. The summed E-state index contributed by atoms with van der Waals surface area (Å²) < 4.78 is 1.63. The maximum atomic E-state index is 5.62. The fourth-order valence-electron chi connectivity index (χ4n) is 0.656. The topological polar surface area (TPSA) is 3.24 Å². The Morgan fingerprint density at radius 3 is 2.88 bits per heavy atom. The summed E-state index contributed by atoms with van der Waals surface area (Å²) in [5.41, 5.74) is 1.20. The van der Waals surface area contributed by atoms with Crippen molar-refractivity contribution in [2.24, 2.45) is 0 Å². The standard InChI is InChI=1S/C6H8ClN/c1-6-3-2-4-8(7)5-6/h2-3,5H,4H2,1H3. The van der Waals surface area contributed by atoms with Gasteiger partial charge >= 0.3 is 0 Å². The Balaban J connectivity index is 2.63. The van der Waals surface area contributed by atoms with Crippen LogP contribution in [0.3, 0.4) is 0 Å². The van der Waals surface area contributed by atoms with Crippen molar-refractivity contribution in [1.29, 1.82) is 0 Å². The molecule has 0 unspecified atom stereocenters. The maximum absolute atomic E-state index is 5.62. The second-order valence-corrected chi connectivity index (χ2v) is 2.29. The van der Waals surface area contributed by atoms with Crippen molar-refractivity contribution in [2.75, 3.05) is 6.54 Å². The van der Waals surface area contributed by atoms with E-state index in [9.17, 15) is 0 Å². The van der Waals surface area contributed by atoms with Crippen LogP contribution in [0, 0.1) is 0 Å². The Morgan fingerprint density at radius 1 is 1.75 bits per heavy atom. The molecule has 0 aromatic heterocycles. The molecule has 0 aromatic rings. The lowest BCUT2D eigenvalue weighted by Gasteiger charge is -2.11. The molecule has 0 N–H and O–H groups in total. The predicted octanol–water partition coefficient (Wildman–Crippen LogP) is 1.92. The van der Waals surface area contributed by atoms with Crippen molar-refractivity contribution in [3.05, 3.63) is 23.9 Å². The highest BCUT2D eigenvalue weighted by Gasteiger charge is 1.95. The lowest BCUT2D eigenvalue weighted by Crippen LogP contribution is -2.06. The van der Waals surface area contributed by atoms with Gasteiger partial charge in [0.15, 0.2) is 0 Å². The molecule has 1 aliphatic rings. The minimum atomic E-state index is 0.818. The first-order valence-corrected chi connectivity index (χ1v) is 2.90. The van der Waals surface area contributed by atoms with E-state index in [-0.39, 0.29) is 0 Å². The number of hydrogen-bond donors (Lipinski definition) is 0. The molecule has 0 spiro atoms. The molecule has 0 radical (unpaired) electrons. The van der Waals surface area contributed by atoms with E-state index >= 15 is 0 Å². The van der Waals surface area contributed by atoms with Crippen LogP contribution in [-0.4, -0.2) is 11.0 Å². The third-order valence-electron chi connectivity index (χ3n) is 1.00. The number of nitrogens with zero attached hydrogens (tertiary/aromatic N) is 1. The van der Waals surface area contributed by atoms with Gasteiger partial charge in [0.25, 0.3) is 0 Å². The molecule has 8 heavy (non-hydrogen) atoms. The Bertz CT molecular complexity index is 137. The van der Waals surface area contributed by atoms with E-state index in [1.807, 2.05) is 19.2 Å². The van der Waals surface area contributed by atoms with Gasteiger partial charge in [-0.15, -0.1) is 0 Å². The Morgan fingerprint density at radius 2 is 2.50 bits per heavy atom. The van der Waals surface area contributed by atoms with E-state index in [1.165, 1.54) is 5.57 Å². The van der Waals surface area contributed by atoms with Crippen LogP contribution in [0.1, 0.15) is 6.92 Å². The molecule has 0 fully saturated rings. The van der Waals surface area contributed by atoms with E-state index in [1.54, 1.807) is 4.42 Å². The molecular formula is C6H8ClN. The van der Waals surface area contributed by atoms with E-state index in [4.69, 9.17) is 11.8 Å². The van der Waals surface area contributed by atoms with Crippen LogP contribution in [0.5, 0.6) is 0 Å². The largest absolute Gasteiger partial charge is 0.288 e. The van der Waals surface area contributed by atoms with Gasteiger partial charge in [0.05, 0.1) is 6.54 Å². The van der Waals surface area contributed by atoms with Gasteiger partial charge in [-0.25, -0.2) is 0 Å². The molecule has 0 aromatic carbocycles. The summed E-state index contributed by atoms with van der Waals surface area (Å²) >= 11 is 5.62. The van der Waals surface area contributed by atoms with Crippen LogP contribution in [0.4, 0.5) is 0 Å². The van der Waals surface area contributed by atoms with E-state index < -0.39 is 0 Å². The van der Waals surface area contributed by atoms with Crippen LogP contribution in [0.15, 0.2) is 23.9 Å². The lowest BCUT2D eigenvalue weighted by molar-refractivity contribution is 0.662. The van der Waals surface area contributed by atoms with Gasteiger partial charge in [-0.3, -0.25) is 4.42 Å². The molecule has 2 heteroatoms. The van der Waals surface area contributed by atoms with Crippen LogP contribution in [0.25, 0.3) is 0 Å². The zero-order chi connectivity index (χ0) is 5.98. The van der Waals surface area contributed by atoms with E-state index in [2.05, 4.69) is 6.08 Å². The first-order valence-electron chi connectivity index (χ1n) is 2.56. The van der Waals surface area contributed by atoms with Crippen LogP contribution < -0.4 is 0 Å². The molecular weight excluding hydrogens is 122 g/mol. The average Bonchev–Trinajstić information content (AvgIpc) is 1.64. The van der Waals surface area contributed by atoms with Gasteiger partial charge in [-0.1, -0.05) is 12.2 Å². The summed E-state index contributed by atoms with van der Waals surface area (Å²) in [5.74, 6) is 0. The number of rotatable bonds is 0. The number of hydrogen-bond acceptors (Lipinski definition) is 1. The highest BCUT2D eigenvalue weighted by atomic mass is 35.5. The van der Waals surface area contributed by atoms with E-state index in [0.717, 1.165) is 6.54 Å². The lowest BCUT2D eigenvalue weighted by atomic mass is 10.2. The molecule has 1 heterocycles. The number of halogens is 1. The monoisotopic (exact) mass is 129 g/mol. The van der Waals surface area contributed by atoms with Crippen molar-refractivity contribution in [1.82, 2.24) is 4.42 Å². The minimum absolute atomic E-state index is 0.818. The third kappa shape index (κ3) is 1.27. The van der Waals surface area contributed by atoms with Crippen molar-refractivity contribution >= 4 is 11.8 Å². The van der Waals surface area contributed by atoms with Crippen LogP contribution >= 0.6 is 11.8 Å². The summed E-state index contributed by atoms with van der Waals surface area (Å²) in [6.45, 7) is 2.84. The SMILES string of the molecule is CC1=CN(Cl)CC=C1. The fraction of sp³-hybridized carbons (Fsp3) is 0.333. The van der Waals surface area contributed by atoms with Crippen molar-refractivity contribution in [2.45, 2.75) is 6.92 Å². The van der Waals surface area contributed by atoms with Gasteiger partial charge in [0.2, 0.25) is 0 Å². The van der Waals surface area contributed by atoms with Gasteiger partial charge in [-0.05, 0) is 12.5 Å². The van der Waals surface area contributed by atoms with Gasteiger partial charge in [-0.2, -0.15) is 0 Å². The van der Waals surface area contributed by atoms with Crippen molar-refractivity contribution in [3.8, 4) is 0 Å². The van der Waals surface area contributed by atoms with Gasteiger partial charge < -0.3 is 0 Å². The van der Waals surface area contributed by atoms with Crippen LogP contribution in [0.2, 0.25) is 0 Å². The highest BCUT2D eigenvalue weighted by molar-refractivity contribution is 6.14.